The summed E-state index contributed by atoms with van der Waals surface area (Å²) in [5.41, 5.74) is 0. The van der Waals surface area contributed by atoms with Crippen molar-refractivity contribution in [3.05, 3.63) is 0 Å². The number of halogens is 1. The van der Waals surface area contributed by atoms with Gasteiger partial charge in [0.25, 0.3) is 0 Å². The molecule has 5 nitrogen and oxygen atoms in total. The van der Waals surface area contributed by atoms with Gasteiger partial charge in [0.2, 0.25) is 0 Å². The van der Waals surface area contributed by atoms with Gasteiger partial charge >= 0.3 is 0 Å². The molecule has 0 aromatic rings. The molecule has 1 atom stereocenters. The minimum absolute atomic E-state index is 0. The van der Waals surface area contributed by atoms with E-state index in [0.717, 1.165) is 45.4 Å². The number of hydrogen-bond donors (Lipinski definition) is 1. The molecule has 1 aliphatic heterocycles. The fourth-order valence-corrected chi connectivity index (χ4v) is 2.36. The van der Waals surface area contributed by atoms with Crippen LogP contribution in [-0.2, 0) is 9.47 Å². The molecule has 0 bridgehead atoms. The Balaban J connectivity index is 0.00000400. The van der Waals surface area contributed by atoms with Gasteiger partial charge in [0, 0.05) is 39.3 Å². The maximum atomic E-state index is 5.57. The Morgan fingerprint density at radius 3 is 2.81 bits per heavy atom. The molecule has 1 N–H and O–H groups in total. The molecule has 0 amide bonds. The van der Waals surface area contributed by atoms with Crippen LogP contribution in [0, 0.1) is 11.8 Å². The summed E-state index contributed by atoms with van der Waals surface area (Å²) in [6.45, 7) is 12.5. The van der Waals surface area contributed by atoms with Crippen molar-refractivity contribution in [3.8, 4) is 0 Å². The van der Waals surface area contributed by atoms with Crippen molar-refractivity contribution in [3.63, 3.8) is 0 Å². The van der Waals surface area contributed by atoms with E-state index in [1.807, 2.05) is 0 Å². The number of guanidine groups is 1. The van der Waals surface area contributed by atoms with Gasteiger partial charge in [0.1, 0.15) is 0 Å². The molecular formula is C15H32IN3O2. The van der Waals surface area contributed by atoms with Gasteiger partial charge in [-0.3, -0.25) is 4.99 Å². The lowest BCUT2D eigenvalue weighted by atomic mass is 10.1. The zero-order chi connectivity index (χ0) is 14.8. The highest BCUT2D eigenvalue weighted by Crippen LogP contribution is 2.16. The molecule has 0 saturated carbocycles. The average molecular weight is 413 g/mol. The molecule has 0 radical (unpaired) electrons. The van der Waals surface area contributed by atoms with Gasteiger partial charge in [-0.2, -0.15) is 0 Å². The number of nitrogens with one attached hydrogen (secondary N) is 1. The summed E-state index contributed by atoms with van der Waals surface area (Å²) in [7, 11) is 1.77. The van der Waals surface area contributed by atoms with E-state index in [4.69, 9.17) is 9.47 Å². The first-order valence-corrected chi connectivity index (χ1v) is 7.77. The second-order valence-corrected chi connectivity index (χ2v) is 5.76. The van der Waals surface area contributed by atoms with Crippen LogP contribution in [0.4, 0.5) is 0 Å². The summed E-state index contributed by atoms with van der Waals surface area (Å²) in [4.78, 5) is 6.98. The van der Waals surface area contributed by atoms with E-state index in [2.05, 4.69) is 36.0 Å². The van der Waals surface area contributed by atoms with Gasteiger partial charge in [0.05, 0.1) is 19.8 Å². The van der Waals surface area contributed by atoms with Gasteiger partial charge in [0.15, 0.2) is 5.96 Å². The molecule has 0 spiro atoms. The van der Waals surface area contributed by atoms with Crippen LogP contribution in [0.15, 0.2) is 4.99 Å². The van der Waals surface area contributed by atoms with E-state index in [0.29, 0.717) is 18.4 Å². The Labute approximate surface area is 146 Å². The van der Waals surface area contributed by atoms with Crippen LogP contribution in [0.1, 0.15) is 27.2 Å². The van der Waals surface area contributed by atoms with E-state index in [1.54, 1.807) is 7.11 Å². The van der Waals surface area contributed by atoms with Crippen molar-refractivity contribution in [1.29, 1.82) is 0 Å². The van der Waals surface area contributed by atoms with Crippen molar-refractivity contribution < 1.29 is 9.47 Å². The largest absolute Gasteiger partial charge is 0.384 e. The van der Waals surface area contributed by atoms with Crippen molar-refractivity contribution in [2.45, 2.75) is 27.2 Å². The third-order valence-corrected chi connectivity index (χ3v) is 3.27. The molecule has 6 heteroatoms. The van der Waals surface area contributed by atoms with E-state index >= 15 is 0 Å². The summed E-state index contributed by atoms with van der Waals surface area (Å²) < 4.78 is 10.8. The topological polar surface area (TPSA) is 46.1 Å². The van der Waals surface area contributed by atoms with Gasteiger partial charge in [-0.25, -0.2) is 0 Å². The Hall–Kier alpha value is -0.0800. The Bertz CT molecular complexity index is 288. The number of hydrogen-bond acceptors (Lipinski definition) is 3. The highest BCUT2D eigenvalue weighted by molar-refractivity contribution is 14.0. The first-order chi connectivity index (χ1) is 9.67. The summed E-state index contributed by atoms with van der Waals surface area (Å²) in [6.07, 6.45) is 1.18. The molecular weight excluding hydrogens is 381 g/mol. The molecule has 0 aromatic heterocycles. The van der Waals surface area contributed by atoms with Gasteiger partial charge in [-0.05, 0) is 19.3 Å². The number of likely N-dealkylation sites (tertiary alicyclic amines) is 1. The fraction of sp³-hybridized carbons (Fsp3) is 0.933. The van der Waals surface area contributed by atoms with Crippen LogP contribution in [-0.4, -0.2) is 64.0 Å². The van der Waals surface area contributed by atoms with Crippen molar-refractivity contribution in [1.82, 2.24) is 10.2 Å². The second-order valence-electron chi connectivity index (χ2n) is 5.76. The number of rotatable bonds is 8. The van der Waals surface area contributed by atoms with Gasteiger partial charge in [-0.1, -0.05) is 13.8 Å². The second kappa shape index (κ2) is 12.5. The maximum absolute atomic E-state index is 5.57. The van der Waals surface area contributed by atoms with E-state index in [-0.39, 0.29) is 24.0 Å². The first kappa shape index (κ1) is 20.9. The van der Waals surface area contributed by atoms with Crippen LogP contribution in [0.5, 0.6) is 0 Å². The number of aliphatic imine (C=N–C) groups is 1. The molecule has 1 fully saturated rings. The monoisotopic (exact) mass is 413 g/mol. The van der Waals surface area contributed by atoms with E-state index in [1.165, 1.54) is 6.42 Å². The van der Waals surface area contributed by atoms with Crippen LogP contribution in [0.25, 0.3) is 0 Å². The molecule has 0 aliphatic carbocycles. The predicted octanol–water partition coefficient (Wildman–Crippen LogP) is 2.21. The fourth-order valence-electron chi connectivity index (χ4n) is 2.36. The zero-order valence-electron chi connectivity index (χ0n) is 13.9. The predicted molar refractivity (Wildman–Crippen MR) is 98.6 cm³/mol. The quantitative estimate of drug-likeness (QED) is 0.287. The number of ether oxygens (including phenoxy) is 2. The molecule has 1 unspecified atom stereocenters. The van der Waals surface area contributed by atoms with E-state index in [9.17, 15) is 0 Å². The minimum Gasteiger partial charge on any atom is -0.384 e. The summed E-state index contributed by atoms with van der Waals surface area (Å²) >= 11 is 0. The Morgan fingerprint density at radius 1 is 1.43 bits per heavy atom. The Morgan fingerprint density at radius 2 is 2.19 bits per heavy atom. The van der Waals surface area contributed by atoms with E-state index < -0.39 is 0 Å². The maximum Gasteiger partial charge on any atom is 0.194 e. The van der Waals surface area contributed by atoms with Crippen LogP contribution >= 0.6 is 24.0 Å². The summed E-state index contributed by atoms with van der Waals surface area (Å²) in [5.74, 6) is 2.22. The zero-order valence-corrected chi connectivity index (χ0v) is 16.3. The molecule has 126 valence electrons. The normalized spacial score (nSPS) is 19.0. The molecule has 1 rings (SSSR count). The van der Waals surface area contributed by atoms with Crippen molar-refractivity contribution in [2.24, 2.45) is 16.8 Å². The lowest BCUT2D eigenvalue weighted by Crippen LogP contribution is -2.40. The molecule has 1 heterocycles. The number of nitrogens with zero attached hydrogens (tertiary/aromatic N) is 2. The van der Waals surface area contributed by atoms with Gasteiger partial charge < -0.3 is 19.7 Å². The third-order valence-electron chi connectivity index (χ3n) is 3.27. The van der Waals surface area contributed by atoms with Crippen LogP contribution in [0.3, 0.4) is 0 Å². The lowest BCUT2D eigenvalue weighted by molar-refractivity contribution is 0.116. The van der Waals surface area contributed by atoms with Crippen LogP contribution in [0.2, 0.25) is 0 Å². The SMILES string of the molecule is CCNC(=NCCOCC(C)C)N1CCC(COC)C1.I. The lowest BCUT2D eigenvalue weighted by Gasteiger charge is -2.21. The highest BCUT2D eigenvalue weighted by Gasteiger charge is 2.24. The standard InChI is InChI=1S/C15H31N3O2.HI/c1-5-16-15(17-7-9-20-11-13(2)3)18-8-6-14(10-18)12-19-4;/h13-14H,5-12H2,1-4H3,(H,16,17);1H. The van der Waals surface area contributed by atoms with Gasteiger partial charge in [-0.15, -0.1) is 24.0 Å². The Kier molecular flexibility index (Phi) is 12.4. The highest BCUT2D eigenvalue weighted by atomic mass is 127. The first-order valence-electron chi connectivity index (χ1n) is 7.77. The molecule has 1 saturated heterocycles. The molecule has 21 heavy (non-hydrogen) atoms. The number of methoxy groups -OCH3 is 1. The summed E-state index contributed by atoms with van der Waals surface area (Å²) in [6, 6.07) is 0. The summed E-state index contributed by atoms with van der Waals surface area (Å²) in [5, 5.41) is 3.37. The smallest absolute Gasteiger partial charge is 0.194 e. The van der Waals surface area contributed by atoms with Crippen LogP contribution < -0.4 is 5.32 Å². The molecule has 0 aromatic carbocycles. The minimum atomic E-state index is 0. The third kappa shape index (κ3) is 8.83. The average Bonchev–Trinajstić information content (AvgIpc) is 2.86. The van der Waals surface area contributed by atoms with Crippen molar-refractivity contribution in [2.75, 3.05) is 53.1 Å². The van der Waals surface area contributed by atoms with Crippen molar-refractivity contribution >= 4 is 29.9 Å². The molecule has 1 aliphatic rings.